The first-order chi connectivity index (χ1) is 23.6. The third-order valence-electron chi connectivity index (χ3n) is 8.28. The van der Waals surface area contributed by atoms with Crippen LogP contribution in [0.1, 0.15) is 58.2 Å². The van der Waals surface area contributed by atoms with Crippen molar-refractivity contribution < 1.29 is 19.1 Å². The van der Waals surface area contributed by atoms with Gasteiger partial charge in [-0.1, -0.05) is 0 Å². The summed E-state index contributed by atoms with van der Waals surface area (Å²) in [5.74, 6) is -0.231. The Balaban J connectivity index is 1.76. The number of anilines is 1. The first-order valence-corrected chi connectivity index (χ1v) is 19.2. The number of carbonyl (C=O) groups excluding carboxylic acids is 2. The molecule has 0 radical (unpaired) electrons. The van der Waals surface area contributed by atoms with Gasteiger partial charge in [0.15, 0.2) is 0 Å². The van der Waals surface area contributed by atoms with E-state index in [0.717, 1.165) is 21.6 Å². The first-order valence-electron chi connectivity index (χ1n) is 16.7. The predicted molar refractivity (Wildman–Crippen MR) is 207 cm³/mol. The molecular weight excluding hydrogens is 665 g/mol. The molecule has 5 aromatic rings. The molecule has 0 aliphatic rings. The molecule has 0 saturated heterocycles. The molecule has 1 heterocycles. The van der Waals surface area contributed by atoms with Gasteiger partial charge in [0.1, 0.15) is 0 Å². The third-order valence-corrected chi connectivity index (χ3v) is 13.5. The Morgan fingerprint density at radius 3 is 1.52 bits per heavy atom. The predicted octanol–water partition coefficient (Wildman–Crippen LogP) is 9.32. The Morgan fingerprint density at radius 2 is 1.10 bits per heavy atom. The van der Waals surface area contributed by atoms with Gasteiger partial charge in [-0.2, -0.15) is 0 Å². The zero-order valence-electron chi connectivity index (χ0n) is 30.0. The van der Waals surface area contributed by atoms with E-state index in [1.165, 1.54) is 15.9 Å². The van der Waals surface area contributed by atoms with E-state index in [-0.39, 0.29) is 11.1 Å². The van der Waals surface area contributed by atoms with Crippen LogP contribution in [0.2, 0.25) is 5.15 Å². The van der Waals surface area contributed by atoms with Gasteiger partial charge < -0.3 is 0 Å². The van der Waals surface area contributed by atoms with E-state index in [4.69, 9.17) is 26.1 Å². The van der Waals surface area contributed by atoms with Crippen molar-refractivity contribution >= 4 is 52.9 Å². The van der Waals surface area contributed by atoms with E-state index in [1.54, 1.807) is 41.5 Å². The average molecular weight is 710 g/mol. The van der Waals surface area contributed by atoms with Crippen LogP contribution in [-0.4, -0.2) is 33.4 Å². The Bertz CT molecular complexity index is 1850. The minimum absolute atomic E-state index is 0.106. The number of aromatic nitrogens is 2. The molecule has 4 aromatic carbocycles. The number of carbonyl (C=O) groups is 2. The molecule has 0 spiro atoms. The normalized spacial score (nSPS) is 12.3. The van der Waals surface area contributed by atoms with Crippen LogP contribution in [0, 0.1) is 13.8 Å². The van der Waals surface area contributed by atoms with Crippen molar-refractivity contribution in [2.45, 2.75) is 72.8 Å². The summed E-state index contributed by atoms with van der Waals surface area (Å²) in [7, 11) is -2.74. The Morgan fingerprint density at radius 1 is 0.660 bits per heavy atom. The molecule has 50 heavy (non-hydrogen) atoms. The quantitative estimate of drug-likeness (QED) is 0.124. The number of hydrogen-bond acceptors (Lipinski definition) is 6. The van der Waals surface area contributed by atoms with E-state index >= 15 is 0 Å². The first kappa shape index (κ1) is 36.7. The van der Waals surface area contributed by atoms with Crippen molar-refractivity contribution in [1.29, 1.82) is 0 Å². The summed E-state index contributed by atoms with van der Waals surface area (Å²) in [5.41, 5.74) is 2.20. The summed E-state index contributed by atoms with van der Waals surface area (Å²) in [6.07, 6.45) is -1.24. The number of ether oxygens (including phenoxy) is 2. The monoisotopic (exact) mass is 709 g/mol. The van der Waals surface area contributed by atoms with E-state index < -0.39 is 30.7 Å². The molecule has 0 aliphatic heterocycles. The summed E-state index contributed by atoms with van der Waals surface area (Å²) >= 11 is 6.84. The molecule has 0 N–H and O–H groups in total. The number of halogens is 1. The van der Waals surface area contributed by atoms with Crippen molar-refractivity contribution in [2.24, 2.45) is 0 Å². The molecule has 0 saturated carbocycles. The van der Waals surface area contributed by atoms with Crippen LogP contribution in [0.15, 0.2) is 109 Å². The molecule has 0 fully saturated rings. The third kappa shape index (κ3) is 8.07. The van der Waals surface area contributed by atoms with Crippen molar-refractivity contribution in [3.05, 3.63) is 131 Å². The molecule has 1 aromatic heterocycles. The number of benzene rings is 4. The van der Waals surface area contributed by atoms with E-state index in [1.807, 2.05) is 38.1 Å². The summed E-state index contributed by atoms with van der Waals surface area (Å²) in [6.45, 7) is 14.2. The molecule has 9 heteroatoms. The van der Waals surface area contributed by atoms with Gasteiger partial charge >= 0.3 is 302 Å². The molecule has 5 rings (SSSR count). The zero-order chi connectivity index (χ0) is 36.3. The maximum atomic E-state index is 13.6. The Kier molecular flexibility index (Phi) is 10.8. The second kappa shape index (κ2) is 14.7. The fraction of sp³-hybridized carbons (Fsp3) is 0.268. The average Bonchev–Trinajstić information content (AvgIpc) is 3.05. The Labute approximate surface area is 301 Å². The van der Waals surface area contributed by atoms with E-state index in [9.17, 15) is 9.59 Å². The molecule has 0 unspecified atom stereocenters. The number of nitrogens with zero attached hydrogens (tertiary/aromatic N) is 3. The number of rotatable bonds is 7. The second-order valence-corrected chi connectivity index (χ2v) is 18.6. The standard InChI is InChI=1S/C41H45ClN3O4P/c1-28-19-18-20-30(27-50(31-21-12-9-13-22-31,32-23-14-10-15-24-32)33-25-16-11-17-26-33)34(28)35-29(2)36(42)44-37(43-35)45(38(46)48-40(3,4)5)39(47)49-41(6,7)8/h9-26,50H,27H2,1-8H3. The fourth-order valence-corrected chi connectivity index (χ4v) is 11.1. The van der Waals surface area contributed by atoms with Crippen molar-refractivity contribution in [2.75, 3.05) is 4.90 Å². The van der Waals surface area contributed by atoms with E-state index in [2.05, 4.69) is 89.9 Å². The maximum absolute atomic E-state index is 13.6. The topological polar surface area (TPSA) is 81.6 Å². The van der Waals surface area contributed by atoms with Gasteiger partial charge in [-0.15, -0.1) is 0 Å². The molecule has 0 atom stereocenters. The molecule has 0 aliphatic carbocycles. The van der Waals surface area contributed by atoms with Gasteiger partial charge in [-0.3, -0.25) is 0 Å². The van der Waals surface area contributed by atoms with Gasteiger partial charge in [-0.25, -0.2) is 0 Å². The van der Waals surface area contributed by atoms with Crippen LogP contribution in [0.4, 0.5) is 15.5 Å². The number of aryl methyl sites for hydroxylation is 1. The summed E-state index contributed by atoms with van der Waals surface area (Å²) in [4.78, 5) is 37.3. The zero-order valence-corrected chi connectivity index (χ0v) is 31.7. The molecule has 7 nitrogen and oxygen atoms in total. The second-order valence-electron chi connectivity index (χ2n) is 14.4. The van der Waals surface area contributed by atoms with Gasteiger partial charge in [0.05, 0.1) is 0 Å². The van der Waals surface area contributed by atoms with Crippen LogP contribution in [0.25, 0.3) is 11.3 Å². The van der Waals surface area contributed by atoms with Crippen LogP contribution >= 0.6 is 18.9 Å². The molecule has 0 bridgehead atoms. The fourth-order valence-electron chi connectivity index (χ4n) is 6.15. The minimum atomic E-state index is -2.74. The van der Waals surface area contributed by atoms with Gasteiger partial charge in [0.2, 0.25) is 0 Å². The molecular formula is C41H45ClN3O4P. The Hall–Kier alpha value is -4.58. The van der Waals surface area contributed by atoms with Crippen molar-refractivity contribution in [1.82, 2.24) is 9.97 Å². The molecule has 2 amide bonds. The van der Waals surface area contributed by atoms with Gasteiger partial charge in [0, 0.05) is 0 Å². The summed E-state index contributed by atoms with van der Waals surface area (Å²) < 4.78 is 11.3. The van der Waals surface area contributed by atoms with Crippen molar-refractivity contribution in [3.63, 3.8) is 0 Å². The van der Waals surface area contributed by atoms with E-state index in [0.29, 0.717) is 17.4 Å². The number of imide groups is 1. The SMILES string of the molecule is Cc1cccc(C[PH](c2ccccc2)(c2ccccc2)c2ccccc2)c1-c1nc(N(C(=O)OC(C)(C)C)C(=O)OC(C)(C)C)nc(Cl)c1C. The summed E-state index contributed by atoms with van der Waals surface area (Å²) in [6, 6.07) is 38.3. The van der Waals surface area contributed by atoms with Crippen molar-refractivity contribution in [3.8, 4) is 11.3 Å². The van der Waals surface area contributed by atoms with Crippen LogP contribution < -0.4 is 20.8 Å². The number of hydrogen-bond donors (Lipinski definition) is 0. The van der Waals surface area contributed by atoms with Crippen LogP contribution in [0.5, 0.6) is 0 Å². The molecule has 260 valence electrons. The van der Waals surface area contributed by atoms with Crippen LogP contribution in [-0.2, 0) is 15.6 Å². The van der Waals surface area contributed by atoms with Gasteiger partial charge in [0.25, 0.3) is 0 Å². The number of amides is 2. The summed E-state index contributed by atoms with van der Waals surface area (Å²) in [5, 5.41) is 3.91. The van der Waals surface area contributed by atoms with Crippen LogP contribution in [0.3, 0.4) is 0 Å². The van der Waals surface area contributed by atoms with Gasteiger partial charge in [-0.05, 0) is 0 Å².